The molecule has 1 aliphatic heterocycles. The van der Waals surface area contributed by atoms with Gasteiger partial charge in [-0.3, -0.25) is 9.59 Å². The van der Waals surface area contributed by atoms with Crippen molar-refractivity contribution in [3.8, 4) is 17.6 Å². The zero-order chi connectivity index (χ0) is 19.7. The van der Waals surface area contributed by atoms with Gasteiger partial charge in [-0.2, -0.15) is 5.26 Å². The average molecular weight is 390 g/mol. The van der Waals surface area contributed by atoms with Gasteiger partial charge < -0.3 is 15.4 Å². The van der Waals surface area contributed by atoms with Gasteiger partial charge in [0, 0.05) is 16.3 Å². The molecule has 0 radical (unpaired) electrons. The van der Waals surface area contributed by atoms with Crippen molar-refractivity contribution >= 4 is 34.8 Å². The number of benzene rings is 3. The van der Waals surface area contributed by atoms with E-state index in [1.165, 1.54) is 12.1 Å². The average Bonchev–Trinajstić information content (AvgIpc) is 2.83. The summed E-state index contributed by atoms with van der Waals surface area (Å²) in [7, 11) is 0. The van der Waals surface area contributed by atoms with Gasteiger partial charge in [0.25, 0.3) is 11.8 Å². The minimum absolute atomic E-state index is 0.274. The number of carbonyl (C=O) groups is 2. The van der Waals surface area contributed by atoms with E-state index < -0.39 is 0 Å². The predicted molar refractivity (Wildman–Crippen MR) is 105 cm³/mol. The van der Waals surface area contributed by atoms with Gasteiger partial charge in [0.1, 0.15) is 5.75 Å². The van der Waals surface area contributed by atoms with Crippen LogP contribution in [0.5, 0.6) is 11.5 Å². The number of fused-ring (bicyclic) bond motifs is 2. The number of anilines is 2. The Morgan fingerprint density at radius 3 is 2.71 bits per heavy atom. The fourth-order valence-electron chi connectivity index (χ4n) is 2.80. The van der Waals surface area contributed by atoms with Crippen LogP contribution in [0.4, 0.5) is 11.4 Å². The van der Waals surface area contributed by atoms with Gasteiger partial charge in [-0.25, -0.2) is 0 Å². The van der Waals surface area contributed by atoms with Crippen molar-refractivity contribution in [1.29, 1.82) is 5.26 Å². The van der Waals surface area contributed by atoms with Crippen molar-refractivity contribution in [1.82, 2.24) is 0 Å². The molecule has 0 unspecified atom stereocenters. The molecule has 0 aliphatic carbocycles. The van der Waals surface area contributed by atoms with Crippen LogP contribution in [0.25, 0.3) is 0 Å². The number of nitrogens with one attached hydrogen (secondary N) is 2. The molecule has 1 aliphatic rings. The highest BCUT2D eigenvalue weighted by atomic mass is 35.5. The molecule has 0 bridgehead atoms. The molecule has 4 rings (SSSR count). The van der Waals surface area contributed by atoms with Crippen molar-refractivity contribution in [3.63, 3.8) is 0 Å². The maximum Gasteiger partial charge on any atom is 0.259 e. The van der Waals surface area contributed by atoms with Crippen LogP contribution in [0, 0.1) is 11.3 Å². The maximum atomic E-state index is 12.6. The standard InChI is InChI=1S/C21H12ClN3O3/c22-14-4-6-19-17(9-14)25-21(27)16-10-15(5-7-18(16)28-19)24-20(26)13-3-1-2-12(8-13)11-23/h1-10H,(H,24,26)(H,25,27). The Bertz CT molecular complexity index is 1170. The Morgan fingerprint density at radius 2 is 1.89 bits per heavy atom. The fraction of sp³-hybridized carbons (Fsp3) is 0. The van der Waals surface area contributed by atoms with E-state index in [0.29, 0.717) is 39.0 Å². The van der Waals surface area contributed by atoms with E-state index in [2.05, 4.69) is 10.6 Å². The first-order valence-corrected chi connectivity index (χ1v) is 8.65. The van der Waals surface area contributed by atoms with E-state index in [-0.39, 0.29) is 17.4 Å². The first-order chi connectivity index (χ1) is 13.5. The van der Waals surface area contributed by atoms with E-state index in [4.69, 9.17) is 21.6 Å². The number of amides is 2. The molecule has 6 nitrogen and oxygen atoms in total. The molecular formula is C21H12ClN3O3. The second-order valence-electron chi connectivity index (χ2n) is 6.05. The highest BCUT2D eigenvalue weighted by Gasteiger charge is 2.22. The molecule has 0 saturated carbocycles. The normalized spacial score (nSPS) is 11.8. The topological polar surface area (TPSA) is 91.2 Å². The molecule has 28 heavy (non-hydrogen) atoms. The van der Waals surface area contributed by atoms with Crippen molar-refractivity contribution in [3.05, 3.63) is 82.4 Å². The third-order valence-electron chi connectivity index (χ3n) is 4.15. The van der Waals surface area contributed by atoms with E-state index in [0.717, 1.165) is 0 Å². The Balaban J connectivity index is 1.62. The van der Waals surface area contributed by atoms with Crippen LogP contribution in [0.1, 0.15) is 26.3 Å². The summed E-state index contributed by atoms with van der Waals surface area (Å²) in [4.78, 5) is 25.0. The molecule has 2 amide bonds. The number of hydrogen-bond donors (Lipinski definition) is 2. The summed E-state index contributed by atoms with van der Waals surface area (Å²) in [5.74, 6) is 0.0744. The number of carbonyl (C=O) groups excluding carboxylic acids is 2. The fourth-order valence-corrected chi connectivity index (χ4v) is 2.98. The first-order valence-electron chi connectivity index (χ1n) is 8.28. The Kier molecular flexibility index (Phi) is 4.44. The monoisotopic (exact) mass is 389 g/mol. The molecule has 7 heteroatoms. The van der Waals surface area contributed by atoms with Crippen LogP contribution in [-0.4, -0.2) is 11.8 Å². The molecule has 0 aromatic heterocycles. The Labute approximate surface area is 165 Å². The third-order valence-corrected chi connectivity index (χ3v) is 4.38. The summed E-state index contributed by atoms with van der Waals surface area (Å²) in [6.07, 6.45) is 0. The van der Waals surface area contributed by atoms with Gasteiger partial charge in [0.05, 0.1) is 22.9 Å². The van der Waals surface area contributed by atoms with Gasteiger partial charge >= 0.3 is 0 Å². The molecule has 2 N–H and O–H groups in total. The van der Waals surface area contributed by atoms with Crippen LogP contribution >= 0.6 is 11.6 Å². The van der Waals surface area contributed by atoms with Gasteiger partial charge in [-0.05, 0) is 54.6 Å². The van der Waals surface area contributed by atoms with Crippen LogP contribution < -0.4 is 15.4 Å². The summed E-state index contributed by atoms with van der Waals surface area (Å²) in [5, 5.41) is 14.9. The highest BCUT2D eigenvalue weighted by Crippen LogP contribution is 2.37. The van der Waals surface area contributed by atoms with E-state index in [9.17, 15) is 9.59 Å². The first kappa shape index (κ1) is 17.6. The molecule has 0 atom stereocenters. The van der Waals surface area contributed by atoms with E-state index in [1.807, 2.05) is 6.07 Å². The van der Waals surface area contributed by atoms with E-state index in [1.54, 1.807) is 48.5 Å². The molecule has 0 saturated heterocycles. The molecule has 1 heterocycles. The lowest BCUT2D eigenvalue weighted by Gasteiger charge is -2.10. The number of halogens is 1. The maximum absolute atomic E-state index is 12.6. The highest BCUT2D eigenvalue weighted by molar-refractivity contribution is 6.31. The summed E-state index contributed by atoms with van der Waals surface area (Å²) in [6, 6.07) is 18.1. The van der Waals surface area contributed by atoms with Crippen LogP contribution in [-0.2, 0) is 0 Å². The summed E-state index contributed by atoms with van der Waals surface area (Å²) in [6.45, 7) is 0. The lowest BCUT2D eigenvalue weighted by Crippen LogP contribution is -2.14. The van der Waals surface area contributed by atoms with Crippen molar-refractivity contribution in [2.24, 2.45) is 0 Å². The van der Waals surface area contributed by atoms with Crippen LogP contribution in [0.2, 0.25) is 5.02 Å². The van der Waals surface area contributed by atoms with Gasteiger partial charge in [-0.1, -0.05) is 17.7 Å². The number of hydrogen-bond acceptors (Lipinski definition) is 4. The van der Waals surface area contributed by atoms with Gasteiger partial charge in [-0.15, -0.1) is 0 Å². The van der Waals surface area contributed by atoms with Gasteiger partial charge in [0.15, 0.2) is 5.75 Å². The van der Waals surface area contributed by atoms with Crippen molar-refractivity contribution < 1.29 is 14.3 Å². The number of nitriles is 1. The molecule has 3 aromatic rings. The van der Waals surface area contributed by atoms with Gasteiger partial charge in [0.2, 0.25) is 0 Å². The lowest BCUT2D eigenvalue weighted by molar-refractivity contribution is 0.101. The smallest absolute Gasteiger partial charge is 0.259 e. The Hall–Kier alpha value is -3.82. The molecule has 0 spiro atoms. The Morgan fingerprint density at radius 1 is 1.07 bits per heavy atom. The van der Waals surface area contributed by atoms with Crippen LogP contribution in [0.3, 0.4) is 0 Å². The van der Waals surface area contributed by atoms with E-state index >= 15 is 0 Å². The minimum atomic E-state index is -0.387. The summed E-state index contributed by atoms with van der Waals surface area (Å²) in [5.41, 5.74) is 1.90. The zero-order valence-corrected chi connectivity index (χ0v) is 15.1. The molecule has 0 fully saturated rings. The lowest BCUT2D eigenvalue weighted by atomic mass is 10.1. The molecule has 3 aromatic carbocycles. The zero-order valence-electron chi connectivity index (χ0n) is 14.3. The number of rotatable bonds is 2. The quantitative estimate of drug-likeness (QED) is 0.657. The molecular weight excluding hydrogens is 378 g/mol. The third kappa shape index (κ3) is 3.39. The summed E-state index contributed by atoms with van der Waals surface area (Å²) >= 11 is 5.98. The van der Waals surface area contributed by atoms with Crippen LogP contribution in [0.15, 0.2) is 60.7 Å². The van der Waals surface area contributed by atoms with Crippen molar-refractivity contribution in [2.75, 3.05) is 10.6 Å². The molecule has 136 valence electrons. The number of nitrogens with zero attached hydrogens (tertiary/aromatic N) is 1. The largest absolute Gasteiger partial charge is 0.454 e. The SMILES string of the molecule is N#Cc1cccc(C(=O)Nc2ccc3c(c2)C(=O)Nc2cc(Cl)ccc2O3)c1. The predicted octanol–water partition coefficient (Wildman–Crippen LogP) is 4.82. The van der Waals surface area contributed by atoms with Crippen molar-refractivity contribution in [2.45, 2.75) is 0 Å². The summed E-state index contributed by atoms with van der Waals surface area (Å²) < 4.78 is 5.81. The second-order valence-corrected chi connectivity index (χ2v) is 6.49. The number of ether oxygens (including phenoxy) is 1. The minimum Gasteiger partial charge on any atom is -0.454 e. The second kappa shape index (κ2) is 7.06.